The highest BCUT2D eigenvalue weighted by atomic mass is 32.1. The Morgan fingerprint density at radius 2 is 1.68 bits per heavy atom. The molecule has 4 aromatic rings. The number of aryl methyl sites for hydroxylation is 3. The molecule has 0 saturated heterocycles. The third kappa shape index (κ3) is 3.73. The van der Waals surface area contributed by atoms with Gasteiger partial charge in [0.15, 0.2) is 5.13 Å². The lowest BCUT2D eigenvalue weighted by atomic mass is 9.99. The first-order valence-corrected chi connectivity index (χ1v) is 9.69. The van der Waals surface area contributed by atoms with Gasteiger partial charge in [0, 0.05) is 24.0 Å². The van der Waals surface area contributed by atoms with Gasteiger partial charge in [-0.3, -0.25) is 15.1 Å². The number of nitrogens with one attached hydrogen (secondary N) is 1. The predicted octanol–water partition coefficient (Wildman–Crippen LogP) is 5.66. The average Bonchev–Trinajstić information content (AvgIpc) is 3.03. The van der Waals surface area contributed by atoms with Crippen molar-refractivity contribution in [1.82, 2.24) is 9.97 Å². The number of aromatic nitrogens is 2. The number of anilines is 1. The summed E-state index contributed by atoms with van der Waals surface area (Å²) in [6.07, 6.45) is 3.37. The Labute approximate surface area is 167 Å². The molecule has 0 fully saturated rings. The van der Waals surface area contributed by atoms with Gasteiger partial charge in [-0.25, -0.2) is 4.98 Å². The van der Waals surface area contributed by atoms with Crippen LogP contribution in [0.25, 0.3) is 10.2 Å². The third-order valence-electron chi connectivity index (χ3n) is 4.37. The summed E-state index contributed by atoms with van der Waals surface area (Å²) in [5.74, 6) is 1.30. The molecule has 0 bridgehead atoms. The van der Waals surface area contributed by atoms with E-state index in [-0.39, 0.29) is 5.91 Å². The molecule has 0 atom stereocenters. The lowest BCUT2D eigenvalue weighted by Crippen LogP contribution is -2.15. The largest absolute Gasteiger partial charge is 0.457 e. The van der Waals surface area contributed by atoms with Crippen LogP contribution in [0.15, 0.2) is 54.9 Å². The number of pyridine rings is 1. The van der Waals surface area contributed by atoms with Gasteiger partial charge in [-0.2, -0.15) is 0 Å². The average molecular weight is 389 g/mol. The number of benzene rings is 2. The van der Waals surface area contributed by atoms with Gasteiger partial charge in [-0.15, -0.1) is 0 Å². The number of carbonyl (C=O) groups is 1. The summed E-state index contributed by atoms with van der Waals surface area (Å²) in [4.78, 5) is 21.3. The zero-order chi connectivity index (χ0) is 19.7. The molecule has 0 saturated carbocycles. The van der Waals surface area contributed by atoms with Crippen molar-refractivity contribution in [2.24, 2.45) is 0 Å². The van der Waals surface area contributed by atoms with Crippen LogP contribution in [0, 0.1) is 20.8 Å². The van der Waals surface area contributed by atoms with Crippen molar-refractivity contribution in [3.05, 3.63) is 77.1 Å². The Morgan fingerprint density at radius 1 is 0.964 bits per heavy atom. The standard InChI is InChI=1S/C22H19N3O2S/c1-13-10-14(2)20(15(3)11-13)21(26)25-22-24-18-5-4-17(12-19(18)28-22)27-16-6-8-23-9-7-16/h4-12H,1-3H3,(H,24,25,26). The molecule has 4 rings (SSSR count). The Balaban J connectivity index is 1.57. The number of thiazole rings is 1. The van der Waals surface area contributed by atoms with E-state index in [2.05, 4.69) is 15.3 Å². The Bertz CT molecular complexity index is 1150. The molecule has 0 spiro atoms. The third-order valence-corrected chi connectivity index (χ3v) is 5.30. The molecule has 0 aliphatic rings. The molecule has 1 N–H and O–H groups in total. The van der Waals surface area contributed by atoms with Crippen molar-refractivity contribution in [2.45, 2.75) is 20.8 Å². The first kappa shape index (κ1) is 18.1. The number of rotatable bonds is 4. The number of carbonyl (C=O) groups excluding carboxylic acids is 1. The van der Waals surface area contributed by atoms with E-state index in [1.165, 1.54) is 11.3 Å². The van der Waals surface area contributed by atoms with E-state index in [1.807, 2.05) is 51.1 Å². The van der Waals surface area contributed by atoms with Crippen LogP contribution in [0.3, 0.4) is 0 Å². The lowest BCUT2D eigenvalue weighted by Gasteiger charge is -2.10. The van der Waals surface area contributed by atoms with Crippen LogP contribution >= 0.6 is 11.3 Å². The number of amides is 1. The highest BCUT2D eigenvalue weighted by Gasteiger charge is 2.15. The fourth-order valence-corrected chi connectivity index (χ4v) is 4.15. The lowest BCUT2D eigenvalue weighted by molar-refractivity contribution is 0.102. The summed E-state index contributed by atoms with van der Waals surface area (Å²) < 4.78 is 6.78. The molecule has 28 heavy (non-hydrogen) atoms. The van der Waals surface area contributed by atoms with E-state index >= 15 is 0 Å². The number of hydrogen-bond donors (Lipinski definition) is 1. The highest BCUT2D eigenvalue weighted by molar-refractivity contribution is 7.22. The maximum absolute atomic E-state index is 12.8. The number of hydrogen-bond acceptors (Lipinski definition) is 5. The highest BCUT2D eigenvalue weighted by Crippen LogP contribution is 2.31. The van der Waals surface area contributed by atoms with Crippen LogP contribution in [-0.4, -0.2) is 15.9 Å². The van der Waals surface area contributed by atoms with Crippen LogP contribution in [-0.2, 0) is 0 Å². The van der Waals surface area contributed by atoms with Gasteiger partial charge in [-0.05, 0) is 56.2 Å². The molecule has 2 aromatic heterocycles. The first-order chi connectivity index (χ1) is 13.5. The zero-order valence-electron chi connectivity index (χ0n) is 15.8. The smallest absolute Gasteiger partial charge is 0.257 e. The van der Waals surface area contributed by atoms with Crippen molar-refractivity contribution in [1.29, 1.82) is 0 Å². The van der Waals surface area contributed by atoms with E-state index in [0.717, 1.165) is 32.7 Å². The minimum Gasteiger partial charge on any atom is -0.457 e. The Kier molecular flexibility index (Phi) is 4.79. The SMILES string of the molecule is Cc1cc(C)c(C(=O)Nc2nc3ccc(Oc4ccncc4)cc3s2)c(C)c1. The van der Waals surface area contributed by atoms with Gasteiger partial charge in [0.1, 0.15) is 11.5 Å². The van der Waals surface area contributed by atoms with Crippen LogP contribution in [0.4, 0.5) is 5.13 Å². The van der Waals surface area contributed by atoms with E-state index in [0.29, 0.717) is 16.4 Å². The quantitative estimate of drug-likeness (QED) is 0.489. The molecule has 0 aliphatic carbocycles. The van der Waals surface area contributed by atoms with Crippen molar-refractivity contribution in [3.63, 3.8) is 0 Å². The van der Waals surface area contributed by atoms with Gasteiger partial charge >= 0.3 is 0 Å². The maximum atomic E-state index is 12.8. The second-order valence-electron chi connectivity index (χ2n) is 6.66. The van der Waals surface area contributed by atoms with Crippen molar-refractivity contribution < 1.29 is 9.53 Å². The molecule has 2 heterocycles. The molecule has 140 valence electrons. The second kappa shape index (κ2) is 7.40. The molecule has 0 radical (unpaired) electrons. The van der Waals surface area contributed by atoms with Crippen molar-refractivity contribution in [2.75, 3.05) is 5.32 Å². The molecular formula is C22H19N3O2S. The van der Waals surface area contributed by atoms with Gasteiger partial charge < -0.3 is 4.74 Å². The van der Waals surface area contributed by atoms with Crippen LogP contribution < -0.4 is 10.1 Å². The topological polar surface area (TPSA) is 64.1 Å². The van der Waals surface area contributed by atoms with Crippen LogP contribution in [0.1, 0.15) is 27.0 Å². The summed E-state index contributed by atoms with van der Waals surface area (Å²) in [6, 6.07) is 13.3. The molecule has 6 heteroatoms. The molecule has 0 aliphatic heterocycles. The minimum atomic E-state index is -0.137. The minimum absolute atomic E-state index is 0.137. The molecule has 2 aromatic carbocycles. The van der Waals surface area contributed by atoms with E-state index in [4.69, 9.17) is 4.74 Å². The van der Waals surface area contributed by atoms with Gasteiger partial charge in [0.05, 0.1) is 10.2 Å². The Morgan fingerprint density at radius 3 is 2.39 bits per heavy atom. The number of fused-ring (bicyclic) bond motifs is 1. The van der Waals surface area contributed by atoms with Gasteiger partial charge in [0.2, 0.25) is 0 Å². The van der Waals surface area contributed by atoms with E-state index in [9.17, 15) is 4.79 Å². The zero-order valence-corrected chi connectivity index (χ0v) is 16.6. The van der Waals surface area contributed by atoms with Crippen molar-refractivity contribution >= 4 is 32.6 Å². The number of ether oxygens (including phenoxy) is 1. The summed E-state index contributed by atoms with van der Waals surface area (Å²) in [6.45, 7) is 5.94. The van der Waals surface area contributed by atoms with Crippen LogP contribution in [0.2, 0.25) is 0 Å². The second-order valence-corrected chi connectivity index (χ2v) is 7.69. The monoisotopic (exact) mass is 389 g/mol. The van der Waals surface area contributed by atoms with Gasteiger partial charge in [-0.1, -0.05) is 29.0 Å². The molecule has 1 amide bonds. The summed E-state index contributed by atoms with van der Waals surface area (Å²) in [5, 5.41) is 3.51. The fourth-order valence-electron chi connectivity index (χ4n) is 3.26. The van der Waals surface area contributed by atoms with Crippen molar-refractivity contribution in [3.8, 4) is 11.5 Å². The summed E-state index contributed by atoms with van der Waals surface area (Å²) >= 11 is 1.42. The van der Waals surface area contributed by atoms with Gasteiger partial charge in [0.25, 0.3) is 5.91 Å². The summed E-state index contributed by atoms with van der Waals surface area (Å²) in [7, 11) is 0. The molecular weight excluding hydrogens is 370 g/mol. The van der Waals surface area contributed by atoms with E-state index < -0.39 is 0 Å². The van der Waals surface area contributed by atoms with E-state index in [1.54, 1.807) is 24.5 Å². The first-order valence-electron chi connectivity index (χ1n) is 8.87. The maximum Gasteiger partial charge on any atom is 0.257 e. The van der Waals surface area contributed by atoms with Crippen LogP contribution in [0.5, 0.6) is 11.5 Å². The molecule has 0 unspecified atom stereocenters. The normalized spacial score (nSPS) is 10.8. The summed E-state index contributed by atoms with van der Waals surface area (Å²) in [5.41, 5.74) is 4.59. The predicted molar refractivity (Wildman–Crippen MR) is 113 cm³/mol. The Hall–Kier alpha value is -3.25. The molecule has 5 nitrogen and oxygen atoms in total. The number of nitrogens with zero attached hydrogens (tertiary/aromatic N) is 2. The fraction of sp³-hybridized carbons (Fsp3) is 0.136.